The monoisotopic (exact) mass is 734 g/mol. The summed E-state index contributed by atoms with van der Waals surface area (Å²) < 4.78 is 0. The van der Waals surface area contributed by atoms with Crippen LogP contribution in [0.1, 0.15) is 90.2 Å². The number of carbonyl (C=O) groups is 2. The van der Waals surface area contributed by atoms with E-state index >= 15 is 0 Å². The van der Waals surface area contributed by atoms with Crippen molar-refractivity contribution in [2.24, 2.45) is 35.5 Å². The Morgan fingerprint density at radius 2 is 1.00 bits per heavy atom. The summed E-state index contributed by atoms with van der Waals surface area (Å²) in [6.07, 6.45) is 12.6. The fourth-order valence-electron chi connectivity index (χ4n) is 4.26. The molecule has 1 aromatic heterocycles. The van der Waals surface area contributed by atoms with Crippen LogP contribution in [0.3, 0.4) is 0 Å². The molecule has 1 aromatic rings. The van der Waals surface area contributed by atoms with Gasteiger partial charge in [0.2, 0.25) is 0 Å². The average Bonchev–Trinajstić information content (AvgIpc) is 2.84. The van der Waals surface area contributed by atoms with E-state index in [1.807, 2.05) is 0 Å². The van der Waals surface area contributed by atoms with Gasteiger partial charge in [-0.1, -0.05) is 97.9 Å². The van der Waals surface area contributed by atoms with Crippen LogP contribution in [0, 0.1) is 46.3 Å². The summed E-state index contributed by atoms with van der Waals surface area (Å²) in [4.78, 5) is 25.6. The van der Waals surface area contributed by atoms with Gasteiger partial charge in [-0.25, -0.2) is 4.98 Å². The van der Waals surface area contributed by atoms with E-state index < -0.39 is 0 Å². The molecule has 3 rings (SSSR count). The van der Waals surface area contributed by atoms with Gasteiger partial charge in [0, 0.05) is 37.1 Å². The van der Waals surface area contributed by atoms with E-state index in [0.717, 1.165) is 11.4 Å². The van der Waals surface area contributed by atoms with Crippen LogP contribution in [0.25, 0.3) is 0 Å². The summed E-state index contributed by atoms with van der Waals surface area (Å²) in [6, 6.07) is 4.84. The normalized spacial score (nSPS) is 17.2. The minimum atomic E-state index is -0.127. The number of nitrogens with zero attached hydrogens (tertiary/aromatic N) is 1. The topological polar surface area (TPSA) is 94.7 Å². The molecule has 0 saturated heterocycles. The Balaban J connectivity index is -0.000000510. The summed E-state index contributed by atoms with van der Waals surface area (Å²) >= 11 is 0. The Morgan fingerprint density at radius 3 is 1.24 bits per heavy atom. The van der Waals surface area contributed by atoms with Crippen LogP contribution in [-0.4, -0.2) is 28.0 Å². The first-order chi connectivity index (χ1) is 17.7. The minimum absolute atomic E-state index is 0. The van der Waals surface area contributed by atoms with E-state index in [-0.39, 0.29) is 62.3 Å². The number of pyridine rings is 1. The second-order valence-electron chi connectivity index (χ2n) is 11.2. The summed E-state index contributed by atoms with van der Waals surface area (Å²) in [5, 5.41) is 16.1. The molecule has 5 nitrogen and oxygen atoms in total. The SMILES string of the molecule is CC(=O)c1cccc(C(C)=O)n1.CC(C)C1=CC=CC(C(C)C)C1=N.CC(C)C1=CC=CC(C(C)C)C1=N.[Br-].[Br-].[Co+2]. The van der Waals surface area contributed by atoms with Gasteiger partial charge >= 0.3 is 16.8 Å². The molecule has 229 valence electrons. The summed E-state index contributed by atoms with van der Waals surface area (Å²) in [7, 11) is 0. The fraction of sp³-hybridized carbons (Fsp3) is 0.485. The Morgan fingerprint density at radius 1 is 0.683 bits per heavy atom. The average molecular weight is 736 g/mol. The van der Waals surface area contributed by atoms with Crippen molar-refractivity contribution in [2.75, 3.05) is 0 Å². The van der Waals surface area contributed by atoms with Crippen molar-refractivity contribution in [1.82, 2.24) is 4.98 Å². The first kappa shape index (κ1) is 43.7. The van der Waals surface area contributed by atoms with Crippen molar-refractivity contribution in [2.45, 2.75) is 69.2 Å². The second kappa shape index (κ2) is 21.0. The van der Waals surface area contributed by atoms with Crippen LogP contribution in [0.15, 0.2) is 65.8 Å². The zero-order valence-electron chi connectivity index (χ0n) is 26.0. The first-order valence-electron chi connectivity index (χ1n) is 13.6. The summed E-state index contributed by atoms with van der Waals surface area (Å²) in [6.45, 7) is 20.1. The standard InChI is InChI=1S/2C12H19N.C9H9NO2.2BrH.Co/c2*1-8(2)10-6-5-7-11(9(3)4)12(10)13;1-6(11)8-4-3-5-9(10-8)7(2)12;;;/h2*5-10,13H,1-4H3;3-5H,1-2H3;2*1H;/q;;;;;+2/p-2. The molecule has 0 bridgehead atoms. The van der Waals surface area contributed by atoms with Crippen LogP contribution < -0.4 is 34.0 Å². The van der Waals surface area contributed by atoms with E-state index in [0.29, 0.717) is 46.9 Å². The van der Waals surface area contributed by atoms with Gasteiger partial charge in [0.25, 0.3) is 0 Å². The number of halogens is 2. The largest absolute Gasteiger partial charge is 2.00 e. The van der Waals surface area contributed by atoms with Gasteiger partial charge in [-0.2, -0.15) is 0 Å². The molecule has 0 fully saturated rings. The molecule has 8 heteroatoms. The van der Waals surface area contributed by atoms with E-state index in [1.54, 1.807) is 18.2 Å². The summed E-state index contributed by atoms with van der Waals surface area (Å²) in [5.74, 6) is 2.40. The first-order valence-corrected chi connectivity index (χ1v) is 13.6. The third kappa shape index (κ3) is 13.9. The van der Waals surface area contributed by atoms with Gasteiger partial charge in [0.1, 0.15) is 11.4 Å². The Hall–Kier alpha value is -1.74. The molecular weight excluding hydrogens is 689 g/mol. The molecule has 2 atom stereocenters. The second-order valence-corrected chi connectivity index (χ2v) is 11.2. The number of hydrogen-bond acceptors (Lipinski definition) is 5. The molecule has 1 heterocycles. The van der Waals surface area contributed by atoms with Crippen LogP contribution >= 0.6 is 0 Å². The van der Waals surface area contributed by atoms with E-state index in [2.05, 4.69) is 96.8 Å². The van der Waals surface area contributed by atoms with Gasteiger partial charge in [-0.05, 0) is 47.0 Å². The third-order valence-electron chi connectivity index (χ3n) is 6.63. The van der Waals surface area contributed by atoms with Crippen molar-refractivity contribution in [1.29, 1.82) is 10.8 Å². The maximum atomic E-state index is 10.8. The molecule has 2 aliphatic carbocycles. The molecule has 0 spiro atoms. The predicted octanol–water partition coefficient (Wildman–Crippen LogP) is 2.35. The summed E-state index contributed by atoms with van der Waals surface area (Å²) in [5.41, 5.74) is 4.69. The molecule has 0 amide bonds. The molecule has 0 saturated carbocycles. The van der Waals surface area contributed by atoms with Crippen molar-refractivity contribution in [3.05, 3.63) is 77.2 Å². The number of nitrogens with one attached hydrogen (secondary N) is 2. The molecule has 1 radical (unpaired) electrons. The van der Waals surface area contributed by atoms with Crippen LogP contribution in [0.4, 0.5) is 0 Å². The van der Waals surface area contributed by atoms with Crippen LogP contribution in [-0.2, 0) is 16.8 Å². The van der Waals surface area contributed by atoms with Gasteiger partial charge in [-0.15, -0.1) is 0 Å². The van der Waals surface area contributed by atoms with Crippen molar-refractivity contribution < 1.29 is 60.3 Å². The van der Waals surface area contributed by atoms with Gasteiger partial charge < -0.3 is 44.8 Å². The molecule has 41 heavy (non-hydrogen) atoms. The van der Waals surface area contributed by atoms with Gasteiger partial charge in [-0.3, -0.25) is 9.59 Å². The Labute approximate surface area is 279 Å². The maximum Gasteiger partial charge on any atom is 2.00 e. The number of aromatic nitrogens is 1. The molecule has 0 aromatic carbocycles. The fourth-order valence-corrected chi connectivity index (χ4v) is 4.26. The smallest absolute Gasteiger partial charge is 1.00 e. The molecule has 2 unspecified atom stereocenters. The van der Waals surface area contributed by atoms with Crippen molar-refractivity contribution in [3.63, 3.8) is 0 Å². The zero-order chi connectivity index (χ0) is 29.2. The number of carbonyl (C=O) groups excluding carboxylic acids is 2. The molecule has 2 N–H and O–H groups in total. The zero-order valence-corrected chi connectivity index (χ0v) is 30.2. The van der Waals surface area contributed by atoms with Crippen LogP contribution in [0.2, 0.25) is 0 Å². The van der Waals surface area contributed by atoms with Gasteiger partial charge in [0.05, 0.1) is 0 Å². The molecular formula is C33H47Br2CoN3O2. The van der Waals surface area contributed by atoms with E-state index in [4.69, 9.17) is 10.8 Å². The minimum Gasteiger partial charge on any atom is -1.00 e. The Bertz CT molecular complexity index is 1060. The quantitative estimate of drug-likeness (QED) is 0.440. The van der Waals surface area contributed by atoms with Crippen LogP contribution in [0.5, 0.6) is 0 Å². The predicted molar refractivity (Wildman–Crippen MR) is 160 cm³/mol. The molecule has 2 aliphatic rings. The van der Waals surface area contributed by atoms with Crippen molar-refractivity contribution in [3.8, 4) is 0 Å². The third-order valence-corrected chi connectivity index (χ3v) is 6.63. The number of Topliss-reactive ketones (excluding diaryl/α,β-unsaturated/α-hetero) is 2. The number of allylic oxidation sites excluding steroid dienone is 8. The molecule has 0 aliphatic heterocycles. The Kier molecular flexibility index (Phi) is 22.4. The van der Waals surface area contributed by atoms with E-state index in [1.165, 1.54) is 25.0 Å². The van der Waals surface area contributed by atoms with E-state index in [9.17, 15) is 9.59 Å². The maximum absolute atomic E-state index is 10.8. The number of rotatable bonds is 6. The number of hydrogen-bond donors (Lipinski definition) is 2. The van der Waals surface area contributed by atoms with Crippen molar-refractivity contribution >= 4 is 23.0 Å². The number of ketones is 2. The van der Waals surface area contributed by atoms with Gasteiger partial charge in [0.15, 0.2) is 11.6 Å².